The van der Waals surface area contributed by atoms with E-state index in [2.05, 4.69) is 0 Å². The molecule has 2 aliphatic rings. The Morgan fingerprint density at radius 2 is 1.64 bits per heavy atom. The number of hydrogen-bond acceptors (Lipinski definition) is 3. The van der Waals surface area contributed by atoms with Crippen LogP contribution in [-0.4, -0.2) is 46.9 Å². The molecule has 0 radical (unpaired) electrons. The summed E-state index contributed by atoms with van der Waals surface area (Å²) in [6, 6.07) is 16.4. The summed E-state index contributed by atoms with van der Waals surface area (Å²) in [5.41, 5.74) is 2.65. The van der Waals surface area contributed by atoms with Gasteiger partial charge in [0.15, 0.2) is 0 Å². The molecule has 28 heavy (non-hydrogen) atoms. The third-order valence-electron chi connectivity index (χ3n) is 5.78. The van der Waals surface area contributed by atoms with Crippen molar-refractivity contribution in [2.75, 3.05) is 18.0 Å². The Hall–Kier alpha value is -3.15. The highest BCUT2D eigenvalue weighted by Crippen LogP contribution is 2.37. The van der Waals surface area contributed by atoms with E-state index in [4.69, 9.17) is 0 Å². The maximum Gasteiger partial charge on any atom is 0.308 e. The van der Waals surface area contributed by atoms with Crippen molar-refractivity contribution in [3.8, 4) is 0 Å². The summed E-state index contributed by atoms with van der Waals surface area (Å²) in [5, 5.41) is 9.69. The van der Waals surface area contributed by atoms with E-state index in [0.29, 0.717) is 13.0 Å². The first-order chi connectivity index (χ1) is 13.5. The highest BCUT2D eigenvalue weighted by Gasteiger charge is 2.45. The monoisotopic (exact) mass is 378 g/mol. The lowest BCUT2D eigenvalue weighted by Gasteiger charge is -2.27. The lowest BCUT2D eigenvalue weighted by atomic mass is 9.89. The Balaban J connectivity index is 1.60. The Morgan fingerprint density at radius 1 is 0.964 bits per heavy atom. The summed E-state index contributed by atoms with van der Waals surface area (Å²) in [7, 11) is 0. The molecule has 1 N–H and O–H groups in total. The van der Waals surface area contributed by atoms with E-state index in [9.17, 15) is 19.5 Å². The number of nitrogens with zero attached hydrogens (tertiary/aromatic N) is 2. The average Bonchev–Trinajstić information content (AvgIpc) is 3.30. The summed E-state index contributed by atoms with van der Waals surface area (Å²) in [4.78, 5) is 40.6. The molecule has 2 aromatic carbocycles. The van der Waals surface area contributed by atoms with Gasteiger partial charge in [0.1, 0.15) is 6.04 Å². The molecule has 2 heterocycles. The zero-order valence-electron chi connectivity index (χ0n) is 15.6. The Morgan fingerprint density at radius 3 is 2.32 bits per heavy atom. The molecule has 4 rings (SSSR count). The second-order valence-electron chi connectivity index (χ2n) is 7.44. The van der Waals surface area contributed by atoms with Crippen molar-refractivity contribution in [2.24, 2.45) is 5.92 Å². The smallest absolute Gasteiger partial charge is 0.308 e. The molecular formula is C22H22N2O4. The fourth-order valence-electron chi connectivity index (χ4n) is 4.46. The van der Waals surface area contributed by atoms with Gasteiger partial charge in [0, 0.05) is 38.0 Å². The number of fused-ring (bicyclic) bond motifs is 1. The van der Waals surface area contributed by atoms with Crippen LogP contribution in [0, 0.1) is 5.92 Å². The predicted molar refractivity (Wildman–Crippen MR) is 104 cm³/mol. The minimum Gasteiger partial charge on any atom is -0.481 e. The Labute approximate surface area is 163 Å². The predicted octanol–water partition coefficient (Wildman–Crippen LogP) is 2.29. The number of benzene rings is 2. The largest absolute Gasteiger partial charge is 0.481 e. The van der Waals surface area contributed by atoms with Crippen molar-refractivity contribution in [1.82, 2.24) is 4.90 Å². The minimum absolute atomic E-state index is 0.159. The van der Waals surface area contributed by atoms with Gasteiger partial charge in [0.05, 0.1) is 5.92 Å². The molecule has 3 atom stereocenters. The van der Waals surface area contributed by atoms with E-state index < -0.39 is 17.9 Å². The second kappa shape index (κ2) is 7.11. The number of anilines is 1. The van der Waals surface area contributed by atoms with E-state index in [1.54, 1.807) is 9.80 Å². The summed E-state index contributed by atoms with van der Waals surface area (Å²) >= 11 is 0. The van der Waals surface area contributed by atoms with Gasteiger partial charge < -0.3 is 10.0 Å². The molecule has 0 unspecified atom stereocenters. The third-order valence-corrected chi connectivity index (χ3v) is 5.78. The van der Waals surface area contributed by atoms with Crippen molar-refractivity contribution >= 4 is 23.5 Å². The Kier molecular flexibility index (Phi) is 4.63. The van der Waals surface area contributed by atoms with Gasteiger partial charge >= 0.3 is 5.97 Å². The van der Waals surface area contributed by atoms with E-state index in [0.717, 1.165) is 16.8 Å². The van der Waals surface area contributed by atoms with Crippen molar-refractivity contribution < 1.29 is 19.5 Å². The minimum atomic E-state index is -0.901. The SMILES string of the molecule is CC(=O)N1c2ccccc2C[C@H]1C(=O)N1C[C@H](C(=O)O)[C@@H](c2ccccc2)C1. The quantitative estimate of drug-likeness (QED) is 0.889. The summed E-state index contributed by atoms with van der Waals surface area (Å²) in [6.45, 7) is 1.96. The van der Waals surface area contributed by atoms with E-state index in [1.807, 2.05) is 54.6 Å². The number of amides is 2. The average molecular weight is 378 g/mol. The molecule has 2 amide bonds. The lowest BCUT2D eigenvalue weighted by molar-refractivity contribution is -0.142. The van der Waals surface area contributed by atoms with Gasteiger partial charge in [-0.15, -0.1) is 0 Å². The normalized spacial score (nSPS) is 23.5. The number of carbonyl (C=O) groups is 3. The van der Waals surface area contributed by atoms with Crippen LogP contribution in [0.4, 0.5) is 5.69 Å². The molecule has 2 aromatic rings. The molecule has 0 aliphatic carbocycles. The van der Waals surface area contributed by atoms with Crippen LogP contribution in [0.15, 0.2) is 54.6 Å². The number of rotatable bonds is 3. The second-order valence-corrected chi connectivity index (χ2v) is 7.44. The lowest BCUT2D eigenvalue weighted by Crippen LogP contribution is -2.48. The molecule has 2 aliphatic heterocycles. The molecule has 144 valence electrons. The number of carbonyl (C=O) groups excluding carboxylic acids is 2. The molecule has 1 saturated heterocycles. The molecule has 0 saturated carbocycles. The number of para-hydroxylation sites is 1. The van der Waals surface area contributed by atoms with Gasteiger partial charge in [-0.3, -0.25) is 19.3 Å². The molecule has 6 heteroatoms. The van der Waals surface area contributed by atoms with Crippen LogP contribution in [0.3, 0.4) is 0 Å². The first-order valence-corrected chi connectivity index (χ1v) is 9.41. The maximum atomic E-state index is 13.3. The number of carboxylic acids is 1. The molecule has 0 aromatic heterocycles. The van der Waals surface area contributed by atoms with Crippen molar-refractivity contribution in [3.05, 3.63) is 65.7 Å². The van der Waals surface area contributed by atoms with Crippen LogP contribution >= 0.6 is 0 Å². The fourth-order valence-corrected chi connectivity index (χ4v) is 4.46. The van der Waals surface area contributed by atoms with Gasteiger partial charge in [0.25, 0.3) is 0 Å². The number of carboxylic acid groups (broad SMARTS) is 1. The van der Waals surface area contributed by atoms with Gasteiger partial charge in [0.2, 0.25) is 11.8 Å². The van der Waals surface area contributed by atoms with Gasteiger partial charge in [-0.05, 0) is 17.2 Å². The molecule has 1 fully saturated rings. The van der Waals surface area contributed by atoms with E-state index >= 15 is 0 Å². The first-order valence-electron chi connectivity index (χ1n) is 9.41. The molecule has 0 bridgehead atoms. The number of aliphatic carboxylic acids is 1. The fraction of sp³-hybridized carbons (Fsp3) is 0.318. The van der Waals surface area contributed by atoms with Crippen LogP contribution in [0.1, 0.15) is 24.0 Å². The van der Waals surface area contributed by atoms with Crippen molar-refractivity contribution in [2.45, 2.75) is 25.3 Å². The zero-order chi connectivity index (χ0) is 19.8. The Bertz CT molecular complexity index is 927. The van der Waals surface area contributed by atoms with E-state index in [1.165, 1.54) is 6.92 Å². The highest BCUT2D eigenvalue weighted by atomic mass is 16.4. The van der Waals surface area contributed by atoms with Crippen LogP contribution < -0.4 is 4.90 Å². The summed E-state index contributed by atoms with van der Waals surface area (Å²) in [5.74, 6) is -2.17. The van der Waals surface area contributed by atoms with Gasteiger partial charge in [-0.2, -0.15) is 0 Å². The van der Waals surface area contributed by atoms with Crippen LogP contribution in [-0.2, 0) is 20.8 Å². The van der Waals surface area contributed by atoms with Crippen LogP contribution in [0.5, 0.6) is 0 Å². The first kappa shape index (κ1) is 18.2. The van der Waals surface area contributed by atoms with Crippen LogP contribution in [0.2, 0.25) is 0 Å². The van der Waals surface area contributed by atoms with Gasteiger partial charge in [-0.1, -0.05) is 48.5 Å². The molecular weight excluding hydrogens is 356 g/mol. The molecule has 6 nitrogen and oxygen atoms in total. The van der Waals surface area contributed by atoms with Crippen molar-refractivity contribution in [3.63, 3.8) is 0 Å². The van der Waals surface area contributed by atoms with Crippen LogP contribution in [0.25, 0.3) is 0 Å². The van der Waals surface area contributed by atoms with Gasteiger partial charge in [-0.25, -0.2) is 0 Å². The molecule has 0 spiro atoms. The number of likely N-dealkylation sites (tertiary alicyclic amines) is 1. The topological polar surface area (TPSA) is 77.9 Å². The van der Waals surface area contributed by atoms with E-state index in [-0.39, 0.29) is 24.3 Å². The third kappa shape index (κ3) is 3.05. The standard InChI is InChI=1S/C22H22N2O4/c1-14(25)24-19-10-6-5-9-16(19)11-20(24)21(26)23-12-17(18(13-23)22(27)28)15-7-3-2-4-8-15/h2-10,17-18,20H,11-13H2,1H3,(H,27,28)/t17-,18+,20+/m1/s1. The maximum absolute atomic E-state index is 13.3. The summed E-state index contributed by atoms with van der Waals surface area (Å²) in [6.07, 6.45) is 0.457. The summed E-state index contributed by atoms with van der Waals surface area (Å²) < 4.78 is 0. The zero-order valence-corrected chi connectivity index (χ0v) is 15.6. The number of hydrogen-bond donors (Lipinski definition) is 1. The highest BCUT2D eigenvalue weighted by molar-refractivity contribution is 6.02. The van der Waals surface area contributed by atoms with Crippen molar-refractivity contribution in [1.29, 1.82) is 0 Å².